The van der Waals surface area contributed by atoms with Gasteiger partial charge in [-0.1, -0.05) is 49.0 Å². The number of fused-ring (bicyclic) bond motifs is 3. The van der Waals surface area contributed by atoms with E-state index in [0.717, 1.165) is 71.2 Å². The molecule has 0 unspecified atom stereocenters. The van der Waals surface area contributed by atoms with Crippen molar-refractivity contribution in [2.45, 2.75) is 89.3 Å². The number of ketones is 2. The van der Waals surface area contributed by atoms with Crippen LogP contribution < -0.4 is 15.8 Å². The molecule has 9 heteroatoms. The number of H-pyrrole nitrogens is 1. The number of aliphatic hydroxyl groups excluding tert-OH is 1. The molecular weight excluding hydrogens is 679 g/mol. The van der Waals surface area contributed by atoms with Crippen molar-refractivity contribution in [2.75, 3.05) is 6.61 Å². The average molecular weight is 728 g/mol. The number of aliphatic hydroxyl groups is 1. The summed E-state index contributed by atoms with van der Waals surface area (Å²) < 4.78 is 6.04. The Hall–Kier alpha value is -5.56. The number of aromatic hydroxyl groups is 2. The molecule has 6 rings (SSSR count). The first-order chi connectivity index (χ1) is 26.2. The summed E-state index contributed by atoms with van der Waals surface area (Å²) in [7, 11) is 0. The summed E-state index contributed by atoms with van der Waals surface area (Å²) in [4.78, 5) is 29.5. The second-order valence-electron chi connectivity index (χ2n) is 14.2. The quantitative estimate of drug-likeness (QED) is 0.0424. The third-order valence-corrected chi connectivity index (χ3v) is 10.1. The van der Waals surface area contributed by atoms with Crippen molar-refractivity contribution < 1.29 is 29.6 Å². The van der Waals surface area contributed by atoms with Crippen LogP contribution in [0.1, 0.15) is 119 Å². The molecular formula is C45H49N3O6. The monoisotopic (exact) mass is 727 g/mol. The summed E-state index contributed by atoms with van der Waals surface area (Å²) in [6.45, 7) is 2.05. The molecule has 7 N–H and O–H groups in total. The predicted molar refractivity (Wildman–Crippen MR) is 210 cm³/mol. The number of rotatable bonds is 15. The summed E-state index contributed by atoms with van der Waals surface area (Å²) in [5, 5.41) is 34.3. The molecule has 1 aliphatic carbocycles. The molecule has 2 aliphatic rings. The van der Waals surface area contributed by atoms with E-state index < -0.39 is 12.1 Å². The average Bonchev–Trinajstić information content (AvgIpc) is 3.63. The minimum absolute atomic E-state index is 0.0149. The normalized spacial score (nSPS) is 16.8. The van der Waals surface area contributed by atoms with Crippen LogP contribution in [0.4, 0.5) is 0 Å². The first kappa shape index (κ1) is 38.2. The molecule has 4 aromatic rings. The van der Waals surface area contributed by atoms with Gasteiger partial charge in [-0.25, -0.2) is 0 Å². The van der Waals surface area contributed by atoms with E-state index in [1.807, 2.05) is 42.6 Å². The molecule has 3 atom stereocenters. The number of ether oxygens (including phenoxy) is 1. The van der Waals surface area contributed by atoms with E-state index in [1.54, 1.807) is 49.5 Å². The van der Waals surface area contributed by atoms with Crippen LogP contribution in [0.25, 0.3) is 6.08 Å². The Balaban J connectivity index is 1.14. The van der Waals surface area contributed by atoms with Crippen molar-refractivity contribution in [3.8, 4) is 29.1 Å². The fourth-order valence-electron chi connectivity index (χ4n) is 7.11. The zero-order chi connectivity index (χ0) is 38.0. The zero-order valence-electron chi connectivity index (χ0n) is 30.7. The minimum atomic E-state index is -0.493. The van der Waals surface area contributed by atoms with E-state index >= 15 is 0 Å². The summed E-state index contributed by atoms with van der Waals surface area (Å²) in [6.07, 6.45) is 15.0. The van der Waals surface area contributed by atoms with Gasteiger partial charge in [0.25, 0.3) is 0 Å². The van der Waals surface area contributed by atoms with Gasteiger partial charge in [-0.05, 0) is 115 Å². The van der Waals surface area contributed by atoms with Crippen molar-refractivity contribution in [3.05, 3.63) is 129 Å². The smallest absolute Gasteiger partial charge is 0.165 e. The third-order valence-electron chi connectivity index (χ3n) is 10.1. The molecule has 0 fully saturated rings. The second kappa shape index (κ2) is 18.0. The number of unbranched alkanes of at least 4 members (excludes halogenated alkanes) is 3. The van der Waals surface area contributed by atoms with Crippen molar-refractivity contribution in [2.24, 2.45) is 5.73 Å². The van der Waals surface area contributed by atoms with Gasteiger partial charge < -0.3 is 36.1 Å². The van der Waals surface area contributed by atoms with Gasteiger partial charge in [0.15, 0.2) is 23.1 Å². The van der Waals surface area contributed by atoms with E-state index in [4.69, 9.17) is 10.5 Å². The Labute approximate surface area is 317 Å². The number of nitrogens with one attached hydrogen (secondary N) is 2. The summed E-state index contributed by atoms with van der Waals surface area (Å²) in [5.74, 6) is 6.53. The first-order valence-electron chi connectivity index (χ1n) is 18.8. The largest absolute Gasteiger partial charge is 0.508 e. The Morgan fingerprint density at radius 3 is 2.65 bits per heavy atom. The first-order valence-corrected chi connectivity index (χ1v) is 18.8. The summed E-state index contributed by atoms with van der Waals surface area (Å²) in [6, 6.07) is 16.4. The molecule has 280 valence electrons. The topological polar surface area (TPSA) is 158 Å². The molecule has 0 spiro atoms. The maximum Gasteiger partial charge on any atom is 0.165 e. The number of hydrogen-bond acceptors (Lipinski definition) is 8. The van der Waals surface area contributed by atoms with Gasteiger partial charge >= 0.3 is 0 Å². The van der Waals surface area contributed by atoms with Crippen LogP contribution in [0.15, 0.2) is 79.1 Å². The molecule has 3 aromatic carbocycles. The molecule has 1 aromatic heterocycles. The standard InChI is InChI=1S/C45H49N3O6/c1-29(49)8-5-3-2-4-6-10-34(50)15-12-30-14-17-42(52)44(25-30)54-23-20-31-13-16-41(51)39(24-31)38-28-43(53)35-19-22-47-40(35)11-7-9-32-27-37-33(26-36(32)38)18-21-48-45(37)46/h6,10,13-14,16-19,21-22,24-27,29,38,45,47-49,51-52H,2-5,8,11-12,15,20,23,28,46H2,1H3/b10-6+/t29-,38+,45+/m0/s1. The Bertz CT molecular complexity index is 2100. The number of phenolic OH excluding ortho intramolecular Hbond substituents is 2. The molecule has 1 aliphatic heterocycles. The molecule has 0 saturated heterocycles. The van der Waals surface area contributed by atoms with Crippen molar-refractivity contribution >= 4 is 17.6 Å². The van der Waals surface area contributed by atoms with Gasteiger partial charge in [-0.3, -0.25) is 9.59 Å². The van der Waals surface area contributed by atoms with Crippen LogP contribution in [-0.2, 0) is 24.1 Å². The van der Waals surface area contributed by atoms with Gasteiger partial charge in [-0.2, -0.15) is 0 Å². The van der Waals surface area contributed by atoms with Gasteiger partial charge in [0.2, 0.25) is 0 Å². The lowest BCUT2D eigenvalue weighted by molar-refractivity contribution is -0.114. The number of benzene rings is 3. The number of allylic oxidation sites excluding steroid dienone is 2. The van der Waals surface area contributed by atoms with E-state index in [2.05, 4.69) is 22.1 Å². The van der Waals surface area contributed by atoms with Crippen LogP contribution in [0.5, 0.6) is 17.2 Å². The highest BCUT2D eigenvalue weighted by Gasteiger charge is 2.28. The van der Waals surface area contributed by atoms with E-state index in [1.165, 1.54) is 0 Å². The fraction of sp³-hybridized carbons (Fsp3) is 0.333. The lowest BCUT2D eigenvalue weighted by Crippen LogP contribution is -2.27. The number of carbonyl (C=O) groups is 2. The van der Waals surface area contributed by atoms with Crippen molar-refractivity contribution in [1.29, 1.82) is 0 Å². The van der Waals surface area contributed by atoms with Gasteiger partial charge in [0, 0.05) is 53.8 Å². The Morgan fingerprint density at radius 1 is 1.00 bits per heavy atom. The number of Topliss-reactive ketones (excluding diaryl/α,β-unsaturated/α-hetero) is 1. The highest BCUT2D eigenvalue weighted by atomic mass is 16.5. The molecule has 0 bridgehead atoms. The number of carbonyl (C=O) groups excluding carboxylic acids is 2. The number of aryl methyl sites for hydroxylation is 1. The highest BCUT2D eigenvalue weighted by molar-refractivity contribution is 5.98. The van der Waals surface area contributed by atoms with Crippen LogP contribution >= 0.6 is 0 Å². The minimum Gasteiger partial charge on any atom is -0.508 e. The highest BCUT2D eigenvalue weighted by Crippen LogP contribution is 2.40. The summed E-state index contributed by atoms with van der Waals surface area (Å²) >= 11 is 0. The molecule has 0 saturated carbocycles. The van der Waals surface area contributed by atoms with E-state index in [9.17, 15) is 24.9 Å². The van der Waals surface area contributed by atoms with Gasteiger partial charge in [-0.15, -0.1) is 0 Å². The van der Waals surface area contributed by atoms with Crippen LogP contribution in [0.2, 0.25) is 0 Å². The molecule has 0 radical (unpaired) electrons. The molecule has 2 heterocycles. The zero-order valence-corrected chi connectivity index (χ0v) is 30.7. The number of hydrogen-bond donors (Lipinski definition) is 6. The van der Waals surface area contributed by atoms with E-state index in [-0.39, 0.29) is 42.2 Å². The number of phenols is 2. The molecule has 0 amide bonds. The number of aromatic amines is 1. The van der Waals surface area contributed by atoms with E-state index in [0.29, 0.717) is 42.6 Å². The van der Waals surface area contributed by atoms with Crippen molar-refractivity contribution in [1.82, 2.24) is 10.3 Å². The Morgan fingerprint density at radius 2 is 1.81 bits per heavy atom. The fourth-order valence-corrected chi connectivity index (χ4v) is 7.11. The lowest BCUT2D eigenvalue weighted by Gasteiger charge is -2.26. The number of nitrogens with two attached hydrogens (primary N) is 1. The second-order valence-corrected chi connectivity index (χ2v) is 14.2. The lowest BCUT2D eigenvalue weighted by atomic mass is 9.80. The Kier molecular flexibility index (Phi) is 12.7. The molecule has 9 nitrogen and oxygen atoms in total. The maximum atomic E-state index is 13.8. The van der Waals surface area contributed by atoms with Crippen LogP contribution in [0.3, 0.4) is 0 Å². The van der Waals surface area contributed by atoms with Crippen LogP contribution in [-0.4, -0.2) is 44.6 Å². The van der Waals surface area contributed by atoms with Gasteiger partial charge in [0.1, 0.15) is 11.9 Å². The predicted octanol–water partition coefficient (Wildman–Crippen LogP) is 7.28. The third kappa shape index (κ3) is 9.70. The number of aromatic nitrogens is 1. The van der Waals surface area contributed by atoms with Gasteiger partial charge in [0.05, 0.1) is 19.1 Å². The SMILES string of the molecule is C[C@H](O)CCCCC/C=C/C(=O)CCc1ccc(O)c(OCCc2ccc(O)c([C@@H]3CC(=O)c4cc[nH]c4CC#Cc4cc5c(cc43)C=CN[C@H]5N)c2)c1. The molecule has 54 heavy (non-hydrogen) atoms. The summed E-state index contributed by atoms with van der Waals surface area (Å²) in [5.41, 5.74) is 13.6. The van der Waals surface area contributed by atoms with Crippen molar-refractivity contribution in [3.63, 3.8) is 0 Å². The maximum absolute atomic E-state index is 13.8. The van der Waals surface area contributed by atoms with Crippen LogP contribution in [0, 0.1) is 11.8 Å².